The standard InChI is InChI=1S/C26H31N3O5S2/c1-15(2)20-13-19-21(14-34-20)36-23-22(19)25(31)29(17-5-7-18(32-4)8-6-17)26(27-23)35-16(3)24(30)28-9-11-33-12-10-28/h5-8,15-16,20H,9-14H2,1-4H3/t16-,20+/m0/s1. The van der Waals surface area contributed by atoms with Crippen LogP contribution < -0.4 is 10.3 Å². The fourth-order valence-electron chi connectivity index (χ4n) is 4.62. The van der Waals surface area contributed by atoms with Crippen molar-refractivity contribution in [2.75, 3.05) is 33.4 Å². The van der Waals surface area contributed by atoms with Crippen LogP contribution in [0.3, 0.4) is 0 Å². The van der Waals surface area contributed by atoms with Crippen LogP contribution in [-0.2, 0) is 27.3 Å². The molecule has 0 spiro atoms. The Bertz CT molecular complexity index is 1310. The molecule has 0 bridgehead atoms. The van der Waals surface area contributed by atoms with Crippen molar-refractivity contribution in [1.82, 2.24) is 14.5 Å². The second kappa shape index (κ2) is 10.5. The number of hydrogen-bond donors (Lipinski definition) is 0. The summed E-state index contributed by atoms with van der Waals surface area (Å²) >= 11 is 2.84. The third-order valence-corrected chi connectivity index (χ3v) is 8.88. The van der Waals surface area contributed by atoms with Crippen molar-refractivity contribution in [3.8, 4) is 11.4 Å². The van der Waals surface area contributed by atoms with E-state index in [4.69, 9.17) is 19.2 Å². The third-order valence-electron chi connectivity index (χ3n) is 6.74. The predicted molar refractivity (Wildman–Crippen MR) is 142 cm³/mol. The number of ether oxygens (including phenoxy) is 3. The lowest BCUT2D eigenvalue weighted by Gasteiger charge is -2.29. The molecule has 1 saturated heterocycles. The van der Waals surface area contributed by atoms with Gasteiger partial charge in [-0.05, 0) is 42.7 Å². The first-order chi connectivity index (χ1) is 17.4. The molecule has 2 aliphatic heterocycles. The summed E-state index contributed by atoms with van der Waals surface area (Å²) in [6, 6.07) is 7.36. The summed E-state index contributed by atoms with van der Waals surface area (Å²) in [5, 5.41) is 0.767. The van der Waals surface area contributed by atoms with Crippen molar-refractivity contribution in [3.05, 3.63) is 45.1 Å². The zero-order chi connectivity index (χ0) is 25.4. The minimum Gasteiger partial charge on any atom is -0.497 e. The van der Waals surface area contributed by atoms with Crippen LogP contribution in [0.15, 0.2) is 34.2 Å². The molecule has 3 aromatic rings. The van der Waals surface area contributed by atoms with Crippen molar-refractivity contribution in [3.63, 3.8) is 0 Å². The topological polar surface area (TPSA) is 82.9 Å². The van der Waals surface area contributed by atoms with E-state index in [1.165, 1.54) is 23.1 Å². The van der Waals surface area contributed by atoms with Gasteiger partial charge in [0.1, 0.15) is 10.6 Å². The van der Waals surface area contributed by atoms with E-state index in [1.54, 1.807) is 11.7 Å². The summed E-state index contributed by atoms with van der Waals surface area (Å²) in [6.07, 6.45) is 0.773. The van der Waals surface area contributed by atoms with Crippen LogP contribution in [0.25, 0.3) is 15.9 Å². The zero-order valence-electron chi connectivity index (χ0n) is 21.0. The molecule has 5 rings (SSSR count). The third kappa shape index (κ3) is 4.79. The Morgan fingerprint density at radius 3 is 2.58 bits per heavy atom. The molecule has 0 N–H and O–H groups in total. The SMILES string of the molecule is COc1ccc(-n2c(S[C@@H](C)C(=O)N3CCOCC3)nc3sc4c(c3c2=O)C[C@H](C(C)C)OC4)cc1. The maximum absolute atomic E-state index is 14.1. The second-order valence-corrected chi connectivity index (χ2v) is 11.8. The number of benzene rings is 1. The molecule has 0 saturated carbocycles. The highest BCUT2D eigenvalue weighted by molar-refractivity contribution is 8.00. The van der Waals surface area contributed by atoms with E-state index in [1.807, 2.05) is 36.1 Å². The normalized spacial score (nSPS) is 18.9. The fraction of sp³-hybridized carbons (Fsp3) is 0.500. The molecule has 0 aliphatic carbocycles. The molecule has 0 radical (unpaired) electrons. The molecule has 4 heterocycles. The van der Waals surface area contributed by atoms with Gasteiger partial charge in [-0.15, -0.1) is 11.3 Å². The molecule has 1 fully saturated rings. The molecule has 2 atom stereocenters. The Labute approximate surface area is 218 Å². The summed E-state index contributed by atoms with van der Waals surface area (Å²) in [6.45, 7) is 8.90. The number of rotatable bonds is 6. The van der Waals surface area contributed by atoms with Crippen LogP contribution in [-0.4, -0.2) is 65.1 Å². The van der Waals surface area contributed by atoms with Crippen molar-refractivity contribution in [2.45, 2.75) is 50.3 Å². The molecule has 1 amide bonds. The molecule has 0 unspecified atom stereocenters. The summed E-state index contributed by atoms with van der Waals surface area (Å²) in [5.41, 5.74) is 1.63. The number of aromatic nitrogens is 2. The Morgan fingerprint density at radius 1 is 1.19 bits per heavy atom. The van der Waals surface area contributed by atoms with E-state index in [0.29, 0.717) is 72.1 Å². The highest BCUT2D eigenvalue weighted by Crippen LogP contribution is 2.37. The average molecular weight is 530 g/mol. The molecular formula is C26H31N3O5S2. The van der Waals surface area contributed by atoms with Crippen LogP contribution >= 0.6 is 23.1 Å². The Kier molecular flexibility index (Phi) is 7.39. The fourth-order valence-corrected chi connectivity index (χ4v) is 6.80. The van der Waals surface area contributed by atoms with Crippen molar-refractivity contribution in [2.24, 2.45) is 5.92 Å². The molecule has 192 valence electrons. The van der Waals surface area contributed by atoms with Gasteiger partial charge in [-0.1, -0.05) is 25.6 Å². The van der Waals surface area contributed by atoms with E-state index < -0.39 is 5.25 Å². The summed E-state index contributed by atoms with van der Waals surface area (Å²) in [4.78, 5) is 35.8. The highest BCUT2D eigenvalue weighted by Gasteiger charge is 2.30. The second-order valence-electron chi connectivity index (χ2n) is 9.41. The Morgan fingerprint density at radius 2 is 1.92 bits per heavy atom. The van der Waals surface area contributed by atoms with Gasteiger partial charge in [0.05, 0.1) is 49.4 Å². The van der Waals surface area contributed by atoms with Crippen LogP contribution in [0.2, 0.25) is 0 Å². The van der Waals surface area contributed by atoms with E-state index in [2.05, 4.69) is 13.8 Å². The van der Waals surface area contributed by atoms with Crippen molar-refractivity contribution in [1.29, 1.82) is 0 Å². The quantitative estimate of drug-likeness (QED) is 0.354. The van der Waals surface area contributed by atoms with Crippen LogP contribution in [0.1, 0.15) is 31.2 Å². The maximum Gasteiger partial charge on any atom is 0.267 e. The lowest BCUT2D eigenvalue weighted by molar-refractivity contribution is -0.134. The number of methoxy groups -OCH3 is 1. The molecular weight excluding hydrogens is 498 g/mol. The first-order valence-electron chi connectivity index (χ1n) is 12.2. The first-order valence-corrected chi connectivity index (χ1v) is 13.9. The summed E-state index contributed by atoms with van der Waals surface area (Å²) < 4.78 is 18.4. The number of morpholine rings is 1. The molecule has 36 heavy (non-hydrogen) atoms. The maximum atomic E-state index is 14.1. The number of thioether (sulfide) groups is 1. The molecule has 2 aromatic heterocycles. The lowest BCUT2D eigenvalue weighted by Crippen LogP contribution is -2.44. The van der Waals surface area contributed by atoms with E-state index in [0.717, 1.165) is 10.4 Å². The van der Waals surface area contributed by atoms with Gasteiger partial charge in [-0.25, -0.2) is 4.98 Å². The predicted octanol–water partition coefficient (Wildman–Crippen LogP) is 3.89. The monoisotopic (exact) mass is 529 g/mol. The minimum atomic E-state index is -0.403. The van der Waals surface area contributed by atoms with Gasteiger partial charge in [0.15, 0.2) is 5.16 Å². The molecule has 10 heteroatoms. The molecule has 2 aliphatic rings. The number of fused-ring (bicyclic) bond motifs is 3. The van der Waals surface area contributed by atoms with Gasteiger partial charge in [-0.3, -0.25) is 14.2 Å². The summed E-state index contributed by atoms with van der Waals surface area (Å²) in [5.74, 6) is 1.08. The number of amides is 1. The van der Waals surface area contributed by atoms with Crippen LogP contribution in [0.4, 0.5) is 0 Å². The number of carbonyl (C=O) groups excluding carboxylic acids is 1. The average Bonchev–Trinajstić information content (AvgIpc) is 3.26. The van der Waals surface area contributed by atoms with E-state index in [-0.39, 0.29) is 17.6 Å². The van der Waals surface area contributed by atoms with Gasteiger partial charge in [0.2, 0.25) is 5.91 Å². The van der Waals surface area contributed by atoms with Crippen LogP contribution in [0, 0.1) is 5.92 Å². The van der Waals surface area contributed by atoms with Gasteiger partial charge in [0.25, 0.3) is 5.56 Å². The Hall–Kier alpha value is -2.40. The first kappa shape index (κ1) is 25.3. The molecule has 1 aromatic carbocycles. The summed E-state index contributed by atoms with van der Waals surface area (Å²) in [7, 11) is 1.61. The number of carbonyl (C=O) groups is 1. The van der Waals surface area contributed by atoms with Crippen molar-refractivity contribution < 1.29 is 19.0 Å². The smallest absolute Gasteiger partial charge is 0.267 e. The van der Waals surface area contributed by atoms with E-state index in [9.17, 15) is 9.59 Å². The van der Waals surface area contributed by atoms with Gasteiger partial charge in [-0.2, -0.15) is 0 Å². The minimum absolute atomic E-state index is 0.0255. The van der Waals surface area contributed by atoms with Gasteiger partial charge >= 0.3 is 0 Å². The van der Waals surface area contributed by atoms with Crippen LogP contribution in [0.5, 0.6) is 5.75 Å². The number of thiophene rings is 1. The lowest BCUT2D eigenvalue weighted by atomic mass is 9.96. The van der Waals surface area contributed by atoms with E-state index >= 15 is 0 Å². The number of hydrogen-bond acceptors (Lipinski definition) is 8. The Balaban J connectivity index is 1.60. The van der Waals surface area contributed by atoms with Gasteiger partial charge in [0, 0.05) is 24.4 Å². The van der Waals surface area contributed by atoms with Crippen molar-refractivity contribution >= 4 is 39.2 Å². The molecule has 8 nitrogen and oxygen atoms in total. The number of nitrogens with zero attached hydrogens (tertiary/aromatic N) is 3. The zero-order valence-corrected chi connectivity index (χ0v) is 22.6. The largest absolute Gasteiger partial charge is 0.497 e. The van der Waals surface area contributed by atoms with Gasteiger partial charge < -0.3 is 19.1 Å². The highest BCUT2D eigenvalue weighted by atomic mass is 32.2.